The minimum Gasteiger partial charge on any atom is -0.358 e. The van der Waals surface area contributed by atoms with E-state index in [1.807, 2.05) is 18.7 Å². The summed E-state index contributed by atoms with van der Waals surface area (Å²) in [5.41, 5.74) is 0.473. The SMILES string of the molecule is CCC(C)C(NC(=O)c1ccc(Cl)cc1)C(=O)N1CCN(CC(=O)NC)CC1. The predicted molar refractivity (Wildman–Crippen MR) is 109 cm³/mol. The van der Waals surface area contributed by atoms with E-state index in [0.29, 0.717) is 43.3 Å². The average molecular weight is 409 g/mol. The van der Waals surface area contributed by atoms with Crippen molar-refractivity contribution in [3.05, 3.63) is 34.9 Å². The van der Waals surface area contributed by atoms with Gasteiger partial charge in [-0.3, -0.25) is 19.3 Å². The lowest BCUT2D eigenvalue weighted by Crippen LogP contribution is -2.57. The van der Waals surface area contributed by atoms with E-state index in [1.165, 1.54) is 0 Å². The highest BCUT2D eigenvalue weighted by molar-refractivity contribution is 6.30. The Kier molecular flexibility index (Phi) is 8.26. The zero-order valence-corrected chi connectivity index (χ0v) is 17.5. The Morgan fingerprint density at radius 2 is 1.71 bits per heavy atom. The van der Waals surface area contributed by atoms with Gasteiger partial charge < -0.3 is 15.5 Å². The Morgan fingerprint density at radius 1 is 1.11 bits per heavy atom. The second-order valence-electron chi connectivity index (χ2n) is 7.12. The number of hydrogen-bond acceptors (Lipinski definition) is 4. The third-order valence-corrected chi connectivity index (χ3v) is 5.45. The highest BCUT2D eigenvalue weighted by Gasteiger charge is 2.32. The Balaban J connectivity index is 2.00. The summed E-state index contributed by atoms with van der Waals surface area (Å²) in [5.74, 6) is -0.384. The van der Waals surface area contributed by atoms with Crippen LogP contribution in [0.15, 0.2) is 24.3 Å². The maximum absolute atomic E-state index is 13.1. The van der Waals surface area contributed by atoms with Crippen LogP contribution in [-0.2, 0) is 9.59 Å². The minimum absolute atomic E-state index is 0.00708. The molecular formula is C20H29ClN4O3. The largest absolute Gasteiger partial charge is 0.358 e. The monoisotopic (exact) mass is 408 g/mol. The van der Waals surface area contributed by atoms with Gasteiger partial charge in [-0.05, 0) is 30.2 Å². The third-order valence-electron chi connectivity index (χ3n) is 5.20. The number of nitrogens with zero attached hydrogens (tertiary/aromatic N) is 2. The molecule has 0 aliphatic carbocycles. The van der Waals surface area contributed by atoms with Gasteiger partial charge in [0.25, 0.3) is 5.91 Å². The first-order valence-corrected chi connectivity index (χ1v) is 10.0. The van der Waals surface area contributed by atoms with E-state index in [-0.39, 0.29) is 23.6 Å². The number of carbonyl (C=O) groups excluding carboxylic acids is 3. The summed E-state index contributed by atoms with van der Waals surface area (Å²) < 4.78 is 0. The number of nitrogens with one attached hydrogen (secondary N) is 2. The molecule has 1 aliphatic rings. The van der Waals surface area contributed by atoms with Crippen LogP contribution in [-0.4, -0.2) is 73.3 Å². The molecule has 2 N–H and O–H groups in total. The summed E-state index contributed by atoms with van der Waals surface area (Å²) in [4.78, 5) is 41.0. The first kappa shape index (κ1) is 22.2. The number of rotatable bonds is 7. The molecule has 1 aromatic rings. The van der Waals surface area contributed by atoms with Crippen molar-refractivity contribution in [2.75, 3.05) is 39.8 Å². The standard InChI is InChI=1S/C20H29ClN4O3/c1-4-14(2)18(23-19(27)15-5-7-16(21)8-6-15)20(28)25-11-9-24(10-12-25)13-17(26)22-3/h5-8,14,18H,4,9-13H2,1-3H3,(H,22,26)(H,23,27). The lowest BCUT2D eigenvalue weighted by atomic mass is 9.97. The van der Waals surface area contributed by atoms with Gasteiger partial charge in [-0.2, -0.15) is 0 Å². The Bertz CT molecular complexity index is 687. The van der Waals surface area contributed by atoms with Gasteiger partial charge in [0.05, 0.1) is 6.54 Å². The second kappa shape index (κ2) is 10.4. The molecule has 1 saturated heterocycles. The van der Waals surface area contributed by atoms with Crippen molar-refractivity contribution in [2.45, 2.75) is 26.3 Å². The average Bonchev–Trinajstić information content (AvgIpc) is 2.71. The molecule has 154 valence electrons. The van der Waals surface area contributed by atoms with Gasteiger partial charge in [-0.15, -0.1) is 0 Å². The number of likely N-dealkylation sites (N-methyl/N-ethyl adjacent to an activating group) is 1. The molecular weight excluding hydrogens is 380 g/mol. The van der Waals surface area contributed by atoms with Crippen molar-refractivity contribution in [2.24, 2.45) is 5.92 Å². The zero-order chi connectivity index (χ0) is 20.7. The fourth-order valence-corrected chi connectivity index (χ4v) is 3.24. The molecule has 1 aliphatic heterocycles. The van der Waals surface area contributed by atoms with Crippen molar-refractivity contribution < 1.29 is 14.4 Å². The Morgan fingerprint density at radius 3 is 2.25 bits per heavy atom. The summed E-state index contributed by atoms with van der Waals surface area (Å²) in [5, 5.41) is 6.07. The Hall–Kier alpha value is -2.12. The van der Waals surface area contributed by atoms with Crippen molar-refractivity contribution in [1.82, 2.24) is 20.4 Å². The molecule has 2 rings (SSSR count). The van der Waals surface area contributed by atoms with E-state index in [0.717, 1.165) is 6.42 Å². The van der Waals surface area contributed by atoms with Gasteiger partial charge in [0.15, 0.2) is 0 Å². The van der Waals surface area contributed by atoms with E-state index >= 15 is 0 Å². The first-order valence-electron chi connectivity index (χ1n) is 9.63. The maximum Gasteiger partial charge on any atom is 0.251 e. The van der Waals surface area contributed by atoms with Crippen molar-refractivity contribution in [1.29, 1.82) is 0 Å². The quantitative estimate of drug-likeness (QED) is 0.714. The van der Waals surface area contributed by atoms with Crippen molar-refractivity contribution >= 4 is 29.3 Å². The van der Waals surface area contributed by atoms with Gasteiger partial charge in [0, 0.05) is 43.8 Å². The summed E-state index contributed by atoms with van der Waals surface area (Å²) in [6, 6.07) is 6.02. The molecule has 8 heteroatoms. The molecule has 7 nitrogen and oxygen atoms in total. The van der Waals surface area contributed by atoms with Crippen LogP contribution in [0.3, 0.4) is 0 Å². The van der Waals surface area contributed by atoms with Gasteiger partial charge in [0.1, 0.15) is 6.04 Å². The lowest BCUT2D eigenvalue weighted by molar-refractivity contribution is -0.136. The second-order valence-corrected chi connectivity index (χ2v) is 7.55. The van der Waals surface area contributed by atoms with Gasteiger partial charge >= 0.3 is 0 Å². The van der Waals surface area contributed by atoms with Crippen molar-refractivity contribution in [3.63, 3.8) is 0 Å². The molecule has 0 aromatic heterocycles. The summed E-state index contributed by atoms with van der Waals surface area (Å²) in [6.07, 6.45) is 0.772. The normalized spacial score (nSPS) is 16.9. The van der Waals surface area contributed by atoms with Crippen molar-refractivity contribution in [3.8, 4) is 0 Å². The van der Waals surface area contributed by atoms with Gasteiger partial charge in [0.2, 0.25) is 11.8 Å². The number of amides is 3. The number of benzene rings is 1. The topological polar surface area (TPSA) is 81.8 Å². The highest BCUT2D eigenvalue weighted by atomic mass is 35.5. The van der Waals surface area contributed by atoms with Gasteiger partial charge in [-0.1, -0.05) is 31.9 Å². The van der Waals surface area contributed by atoms with Crippen LogP contribution >= 0.6 is 11.6 Å². The number of piperazine rings is 1. The van der Waals surface area contributed by atoms with Crippen LogP contribution in [0.5, 0.6) is 0 Å². The fourth-order valence-electron chi connectivity index (χ4n) is 3.11. The predicted octanol–water partition coefficient (Wildman–Crippen LogP) is 1.37. The molecule has 1 heterocycles. The van der Waals surface area contributed by atoms with Crippen LogP contribution < -0.4 is 10.6 Å². The molecule has 1 fully saturated rings. The molecule has 28 heavy (non-hydrogen) atoms. The van der Waals surface area contributed by atoms with Crippen LogP contribution in [0, 0.1) is 5.92 Å². The van der Waals surface area contributed by atoms with Gasteiger partial charge in [-0.25, -0.2) is 0 Å². The molecule has 0 spiro atoms. The molecule has 0 saturated carbocycles. The molecule has 3 amide bonds. The molecule has 0 bridgehead atoms. The first-order chi connectivity index (χ1) is 13.3. The third kappa shape index (κ3) is 5.94. The lowest BCUT2D eigenvalue weighted by Gasteiger charge is -2.37. The van der Waals surface area contributed by atoms with E-state index in [1.54, 1.807) is 36.2 Å². The fraction of sp³-hybridized carbons (Fsp3) is 0.550. The van der Waals surface area contributed by atoms with E-state index in [2.05, 4.69) is 10.6 Å². The van der Waals surface area contributed by atoms with E-state index in [9.17, 15) is 14.4 Å². The highest BCUT2D eigenvalue weighted by Crippen LogP contribution is 2.15. The summed E-state index contributed by atoms with van der Waals surface area (Å²) in [7, 11) is 1.61. The number of carbonyl (C=O) groups is 3. The molecule has 0 radical (unpaired) electrons. The molecule has 2 unspecified atom stereocenters. The van der Waals surface area contributed by atoms with Crippen LogP contribution in [0.25, 0.3) is 0 Å². The minimum atomic E-state index is -0.585. The maximum atomic E-state index is 13.1. The molecule has 1 aromatic carbocycles. The number of hydrogen-bond donors (Lipinski definition) is 2. The van der Waals surface area contributed by atoms with Crippen LogP contribution in [0.2, 0.25) is 5.02 Å². The molecule has 2 atom stereocenters. The van der Waals surface area contributed by atoms with Crippen LogP contribution in [0.4, 0.5) is 0 Å². The van der Waals surface area contributed by atoms with E-state index < -0.39 is 6.04 Å². The van der Waals surface area contributed by atoms with Crippen LogP contribution in [0.1, 0.15) is 30.6 Å². The Labute approximate surface area is 171 Å². The summed E-state index contributed by atoms with van der Waals surface area (Å²) in [6.45, 7) is 6.65. The number of halogens is 1. The smallest absolute Gasteiger partial charge is 0.251 e. The summed E-state index contributed by atoms with van der Waals surface area (Å²) >= 11 is 5.88. The van der Waals surface area contributed by atoms with E-state index in [4.69, 9.17) is 11.6 Å². The zero-order valence-electron chi connectivity index (χ0n) is 16.7.